The van der Waals surface area contributed by atoms with Gasteiger partial charge in [-0.05, 0) is 51.4 Å². The van der Waals surface area contributed by atoms with Crippen molar-refractivity contribution < 1.29 is 13.5 Å². The molecule has 0 fully saturated rings. The fourth-order valence-corrected chi connectivity index (χ4v) is 3.01. The van der Waals surface area contributed by atoms with Gasteiger partial charge in [0, 0.05) is 11.8 Å². The summed E-state index contributed by atoms with van der Waals surface area (Å²) in [4.78, 5) is 12.0. The lowest BCUT2D eigenvalue weighted by Gasteiger charge is -2.05. The molecule has 3 aromatic rings. The third-order valence-corrected chi connectivity index (χ3v) is 4.76. The fourth-order valence-electron chi connectivity index (χ4n) is 1.87. The van der Waals surface area contributed by atoms with Gasteiger partial charge in [-0.25, -0.2) is 18.4 Å². The molecule has 2 N–H and O–H groups in total. The maximum Gasteiger partial charge on any atom is 0.446 e. The molecular formula is C13H12BrFIN5O3S. The van der Waals surface area contributed by atoms with Crippen molar-refractivity contribution in [3.05, 3.63) is 39.0 Å². The van der Waals surface area contributed by atoms with Crippen molar-refractivity contribution in [1.29, 1.82) is 0 Å². The molecule has 12 heteroatoms. The van der Waals surface area contributed by atoms with Crippen LogP contribution in [0.2, 0.25) is 0 Å². The first kappa shape index (κ1) is 20.1. The van der Waals surface area contributed by atoms with Crippen LogP contribution in [0.5, 0.6) is 0 Å². The quantitative estimate of drug-likeness (QED) is 0.386. The Kier molecular flexibility index (Phi) is 6.76. The largest absolute Gasteiger partial charge is 0.446 e. The first-order valence-corrected chi connectivity index (χ1v) is 8.50. The zero-order chi connectivity index (χ0) is 17.3. The standard InChI is InChI=1S/C13H11BrFN5O3S.HI/c1-6(16)5-24-12-10(17-23-19-12)11-18-22-13(21)20(11)7-2-3-9(15)8(14)4-7;/h2-4,6H,5,16H2,1H3;1H. The molecule has 1 unspecified atom stereocenters. The zero-order valence-electron chi connectivity index (χ0n) is 12.7. The summed E-state index contributed by atoms with van der Waals surface area (Å²) in [6.45, 7) is 1.85. The number of nitrogens with two attached hydrogens (primary N) is 1. The summed E-state index contributed by atoms with van der Waals surface area (Å²) in [6.07, 6.45) is 0. The van der Waals surface area contributed by atoms with Crippen LogP contribution in [-0.2, 0) is 0 Å². The Hall–Kier alpha value is -1.25. The van der Waals surface area contributed by atoms with Gasteiger partial charge in [0.15, 0.2) is 10.7 Å². The van der Waals surface area contributed by atoms with Gasteiger partial charge in [0.05, 0.1) is 10.2 Å². The number of aromatic nitrogens is 4. The molecule has 8 nitrogen and oxygen atoms in total. The first-order chi connectivity index (χ1) is 11.5. The van der Waals surface area contributed by atoms with Crippen molar-refractivity contribution in [2.24, 2.45) is 5.73 Å². The zero-order valence-corrected chi connectivity index (χ0v) is 17.4. The Balaban J connectivity index is 0.00000225. The molecular weight excluding hydrogens is 532 g/mol. The molecule has 0 radical (unpaired) electrons. The minimum Gasteiger partial charge on any atom is -0.327 e. The van der Waals surface area contributed by atoms with E-state index >= 15 is 0 Å². The number of thioether (sulfide) groups is 1. The van der Waals surface area contributed by atoms with Crippen molar-refractivity contribution in [2.75, 3.05) is 5.75 Å². The Bertz CT molecular complexity index is 929. The predicted molar refractivity (Wildman–Crippen MR) is 103 cm³/mol. The second-order valence-corrected chi connectivity index (χ2v) is 6.78. The Morgan fingerprint density at radius 3 is 2.84 bits per heavy atom. The Morgan fingerprint density at radius 2 is 2.16 bits per heavy atom. The average Bonchev–Trinajstić information content (AvgIpc) is 3.14. The number of rotatable bonds is 5. The van der Waals surface area contributed by atoms with E-state index in [0.29, 0.717) is 16.5 Å². The summed E-state index contributed by atoms with van der Waals surface area (Å²) in [6, 6.07) is 4.01. The van der Waals surface area contributed by atoms with Crippen LogP contribution in [0.4, 0.5) is 4.39 Å². The molecule has 25 heavy (non-hydrogen) atoms. The molecule has 0 bridgehead atoms. The minimum atomic E-state index is -0.741. The van der Waals surface area contributed by atoms with Crippen LogP contribution in [-0.4, -0.2) is 31.8 Å². The monoisotopic (exact) mass is 543 g/mol. The molecule has 2 aromatic heterocycles. The lowest BCUT2D eigenvalue weighted by molar-refractivity contribution is 0.299. The van der Waals surface area contributed by atoms with Crippen LogP contribution in [0.15, 0.2) is 41.6 Å². The molecule has 0 spiro atoms. The van der Waals surface area contributed by atoms with Crippen LogP contribution in [0.1, 0.15) is 6.92 Å². The van der Waals surface area contributed by atoms with Crippen LogP contribution in [0.3, 0.4) is 0 Å². The fraction of sp³-hybridized carbons (Fsp3) is 0.231. The van der Waals surface area contributed by atoms with Crippen LogP contribution >= 0.6 is 51.7 Å². The third kappa shape index (κ3) is 4.30. The topological polar surface area (TPSA) is 113 Å². The second kappa shape index (κ2) is 8.42. The van der Waals surface area contributed by atoms with Crippen molar-refractivity contribution in [3.8, 4) is 17.2 Å². The molecule has 2 heterocycles. The minimum absolute atomic E-state index is 0. The third-order valence-electron chi connectivity index (χ3n) is 2.92. The summed E-state index contributed by atoms with van der Waals surface area (Å²) in [7, 11) is 0. The number of halogens is 3. The Labute approximate surface area is 170 Å². The summed E-state index contributed by atoms with van der Waals surface area (Å²) >= 11 is 4.40. The van der Waals surface area contributed by atoms with Gasteiger partial charge in [0.2, 0.25) is 5.82 Å². The van der Waals surface area contributed by atoms with E-state index in [4.69, 9.17) is 14.9 Å². The lowest BCUT2D eigenvalue weighted by atomic mass is 10.3. The van der Waals surface area contributed by atoms with E-state index < -0.39 is 11.6 Å². The van der Waals surface area contributed by atoms with E-state index in [1.807, 2.05) is 6.92 Å². The maximum absolute atomic E-state index is 13.4. The SMILES string of the molecule is CC(N)CSc1nonc1-c1noc(=O)n1-c1ccc(F)c(Br)c1.I. The van der Waals surface area contributed by atoms with Gasteiger partial charge in [-0.15, -0.1) is 24.0 Å². The summed E-state index contributed by atoms with van der Waals surface area (Å²) in [5.41, 5.74) is 6.32. The highest BCUT2D eigenvalue weighted by molar-refractivity contribution is 14.0. The van der Waals surface area contributed by atoms with Gasteiger partial charge in [0.25, 0.3) is 0 Å². The van der Waals surface area contributed by atoms with Gasteiger partial charge in [-0.2, -0.15) is 0 Å². The van der Waals surface area contributed by atoms with Crippen molar-refractivity contribution in [1.82, 2.24) is 20.0 Å². The van der Waals surface area contributed by atoms with Gasteiger partial charge in [-0.3, -0.25) is 4.52 Å². The molecule has 3 rings (SSSR count). The molecule has 0 aliphatic carbocycles. The summed E-state index contributed by atoms with van der Waals surface area (Å²) < 4.78 is 24.3. The van der Waals surface area contributed by atoms with E-state index in [9.17, 15) is 9.18 Å². The maximum atomic E-state index is 13.4. The summed E-state index contributed by atoms with van der Waals surface area (Å²) in [5.74, 6) is -0.520. The van der Waals surface area contributed by atoms with Crippen molar-refractivity contribution in [2.45, 2.75) is 18.0 Å². The lowest BCUT2D eigenvalue weighted by Crippen LogP contribution is -2.17. The van der Waals surface area contributed by atoms with Crippen LogP contribution in [0.25, 0.3) is 17.2 Å². The average molecular weight is 544 g/mol. The molecule has 0 amide bonds. The van der Waals surface area contributed by atoms with Crippen LogP contribution in [0, 0.1) is 5.82 Å². The Morgan fingerprint density at radius 1 is 1.40 bits per heavy atom. The molecule has 1 aromatic carbocycles. The first-order valence-electron chi connectivity index (χ1n) is 6.73. The second-order valence-electron chi connectivity index (χ2n) is 4.91. The smallest absolute Gasteiger partial charge is 0.327 e. The molecule has 0 aliphatic heterocycles. The van der Waals surface area contributed by atoms with E-state index in [1.54, 1.807) is 0 Å². The number of nitrogens with zero attached hydrogens (tertiary/aromatic N) is 4. The molecule has 0 aliphatic rings. The normalized spacial score (nSPS) is 12.0. The van der Waals surface area contributed by atoms with Crippen molar-refractivity contribution >= 4 is 51.7 Å². The highest BCUT2D eigenvalue weighted by Gasteiger charge is 2.23. The number of benzene rings is 1. The van der Waals surface area contributed by atoms with Gasteiger partial charge in [-0.1, -0.05) is 16.9 Å². The highest BCUT2D eigenvalue weighted by Crippen LogP contribution is 2.29. The summed E-state index contributed by atoms with van der Waals surface area (Å²) in [5, 5.41) is 11.7. The molecule has 134 valence electrons. The highest BCUT2D eigenvalue weighted by atomic mass is 127. The van der Waals surface area contributed by atoms with Crippen LogP contribution < -0.4 is 11.5 Å². The van der Waals surface area contributed by atoms with E-state index in [1.165, 1.54) is 30.0 Å². The predicted octanol–water partition coefficient (Wildman–Crippen LogP) is 2.83. The van der Waals surface area contributed by atoms with E-state index in [-0.39, 0.29) is 46.0 Å². The molecule has 0 saturated heterocycles. The van der Waals surface area contributed by atoms with E-state index in [2.05, 4.69) is 31.4 Å². The number of hydrogen-bond donors (Lipinski definition) is 1. The van der Waals surface area contributed by atoms with E-state index in [0.717, 1.165) is 4.57 Å². The van der Waals surface area contributed by atoms with Crippen molar-refractivity contribution in [3.63, 3.8) is 0 Å². The van der Waals surface area contributed by atoms with Gasteiger partial charge >= 0.3 is 5.76 Å². The van der Waals surface area contributed by atoms with Gasteiger partial charge in [0.1, 0.15) is 5.82 Å². The molecule has 1 atom stereocenters. The number of hydrogen-bond acceptors (Lipinski definition) is 8. The van der Waals surface area contributed by atoms with Gasteiger partial charge < -0.3 is 5.73 Å². The molecule has 0 saturated carbocycles.